The van der Waals surface area contributed by atoms with E-state index < -0.39 is 0 Å². The minimum Gasteiger partial charge on any atom is -0.273 e. The summed E-state index contributed by atoms with van der Waals surface area (Å²) in [6.45, 7) is 8.51. The van der Waals surface area contributed by atoms with E-state index in [1.807, 2.05) is 61.6 Å². The lowest BCUT2D eigenvalue weighted by Crippen LogP contribution is -2.21. The van der Waals surface area contributed by atoms with Crippen LogP contribution in [0.3, 0.4) is 0 Å². The highest BCUT2D eigenvalue weighted by molar-refractivity contribution is 5.94. The fourth-order valence-corrected chi connectivity index (χ4v) is 3.27. The highest BCUT2D eigenvalue weighted by atomic mass is 16.2. The van der Waals surface area contributed by atoms with Crippen molar-refractivity contribution in [3.8, 4) is 0 Å². The van der Waals surface area contributed by atoms with Gasteiger partial charge in [0, 0.05) is 5.92 Å². The van der Waals surface area contributed by atoms with Crippen LogP contribution < -0.4 is 5.43 Å². The molecule has 0 radical (unpaired) electrons. The molecule has 0 spiro atoms. The van der Waals surface area contributed by atoms with Gasteiger partial charge in [0.05, 0.1) is 5.71 Å². The molecule has 0 aromatic heterocycles. The Kier molecular flexibility index (Phi) is 6.48. The Morgan fingerprint density at radius 2 is 1.72 bits per heavy atom. The fourth-order valence-electron chi connectivity index (χ4n) is 3.27. The monoisotopic (exact) mass is 386 g/mol. The molecule has 3 heteroatoms. The Hall–Kier alpha value is -2.94. The van der Waals surface area contributed by atoms with E-state index in [1.165, 1.54) is 11.1 Å². The molecular weight excluding hydrogens is 356 g/mol. The first-order valence-corrected chi connectivity index (χ1v) is 10.2. The molecule has 2 atom stereocenters. The molecule has 0 aliphatic heterocycles. The second-order valence-electron chi connectivity index (χ2n) is 8.68. The quantitative estimate of drug-likeness (QED) is 0.378. The first-order valence-electron chi connectivity index (χ1n) is 10.2. The third-order valence-corrected chi connectivity index (χ3v) is 5.21. The van der Waals surface area contributed by atoms with E-state index >= 15 is 0 Å². The molecule has 2 aromatic carbocycles. The third kappa shape index (κ3) is 6.02. The molecule has 0 heterocycles. The van der Waals surface area contributed by atoms with Crippen molar-refractivity contribution in [2.24, 2.45) is 11.0 Å². The third-order valence-electron chi connectivity index (χ3n) is 5.21. The predicted molar refractivity (Wildman–Crippen MR) is 122 cm³/mol. The van der Waals surface area contributed by atoms with Gasteiger partial charge >= 0.3 is 0 Å². The number of nitrogens with zero attached hydrogens (tertiary/aromatic N) is 1. The lowest BCUT2D eigenvalue weighted by atomic mass is 9.86. The van der Waals surface area contributed by atoms with Crippen molar-refractivity contribution in [3.63, 3.8) is 0 Å². The number of hydrazone groups is 1. The van der Waals surface area contributed by atoms with Crippen LogP contribution in [-0.4, -0.2) is 11.6 Å². The van der Waals surface area contributed by atoms with Crippen molar-refractivity contribution >= 4 is 17.7 Å². The van der Waals surface area contributed by atoms with Gasteiger partial charge in [-0.1, -0.05) is 93.6 Å². The molecule has 0 bridgehead atoms. The summed E-state index contributed by atoms with van der Waals surface area (Å²) in [6, 6.07) is 18.8. The molecule has 3 nitrogen and oxygen atoms in total. The number of hydrogen-bond donors (Lipinski definition) is 1. The standard InChI is InChI=1S/C26H30N2O/c1-19(10-8-9-13-20-11-6-5-7-12-20)27-28-25(29)24-18-23(24)21-14-16-22(17-15-21)26(2,3)4/h5-17,23-24H,18H2,1-4H3,(H,28,29)/b10-8+,13-9+,27-19+. The smallest absolute Gasteiger partial charge is 0.243 e. The Bertz CT molecular complexity index is 915. The average molecular weight is 387 g/mol. The minimum atomic E-state index is 0.00229. The lowest BCUT2D eigenvalue weighted by Gasteiger charge is -2.19. The number of amides is 1. The Labute approximate surface area is 174 Å². The Morgan fingerprint density at radius 3 is 2.38 bits per heavy atom. The van der Waals surface area contributed by atoms with Gasteiger partial charge in [0.1, 0.15) is 0 Å². The van der Waals surface area contributed by atoms with Gasteiger partial charge < -0.3 is 0 Å². The first kappa shape index (κ1) is 20.8. The van der Waals surface area contributed by atoms with Gasteiger partial charge in [0.15, 0.2) is 0 Å². The van der Waals surface area contributed by atoms with E-state index in [0.717, 1.165) is 17.7 Å². The van der Waals surface area contributed by atoms with Crippen LogP contribution in [0.5, 0.6) is 0 Å². The summed E-state index contributed by atoms with van der Waals surface area (Å²) in [7, 11) is 0. The zero-order chi connectivity index (χ0) is 20.9. The van der Waals surface area contributed by atoms with Crippen molar-refractivity contribution in [2.45, 2.75) is 45.4 Å². The van der Waals surface area contributed by atoms with Crippen LogP contribution in [0.25, 0.3) is 6.08 Å². The van der Waals surface area contributed by atoms with Gasteiger partial charge in [-0.2, -0.15) is 5.10 Å². The van der Waals surface area contributed by atoms with Crippen molar-refractivity contribution in [2.75, 3.05) is 0 Å². The zero-order valence-electron chi connectivity index (χ0n) is 17.7. The highest BCUT2D eigenvalue weighted by Gasteiger charge is 2.44. The van der Waals surface area contributed by atoms with Gasteiger partial charge in [-0.05, 0) is 47.4 Å². The van der Waals surface area contributed by atoms with E-state index in [0.29, 0.717) is 5.92 Å². The zero-order valence-corrected chi connectivity index (χ0v) is 17.7. The molecule has 1 aliphatic rings. The normalized spacial score (nSPS) is 19.7. The molecule has 0 saturated heterocycles. The van der Waals surface area contributed by atoms with Crippen LogP contribution >= 0.6 is 0 Å². The number of hydrogen-bond acceptors (Lipinski definition) is 2. The molecule has 1 aliphatic carbocycles. The Morgan fingerprint density at radius 1 is 1.03 bits per heavy atom. The van der Waals surface area contributed by atoms with Crippen molar-refractivity contribution in [1.82, 2.24) is 5.43 Å². The molecule has 150 valence electrons. The number of carbonyl (C=O) groups is 1. The van der Waals surface area contributed by atoms with E-state index in [-0.39, 0.29) is 17.2 Å². The fraction of sp³-hybridized carbons (Fsp3) is 0.308. The predicted octanol–water partition coefficient (Wildman–Crippen LogP) is 5.85. The van der Waals surface area contributed by atoms with E-state index in [9.17, 15) is 4.79 Å². The summed E-state index contributed by atoms with van der Waals surface area (Å²) in [5.41, 5.74) is 7.33. The van der Waals surface area contributed by atoms with Crippen LogP contribution in [0.4, 0.5) is 0 Å². The van der Waals surface area contributed by atoms with E-state index in [2.05, 4.69) is 55.6 Å². The number of carbonyl (C=O) groups excluding carboxylic acids is 1. The van der Waals surface area contributed by atoms with Crippen LogP contribution in [0.15, 0.2) is 77.9 Å². The molecule has 2 unspecified atom stereocenters. The molecule has 1 amide bonds. The average Bonchev–Trinajstić information content (AvgIpc) is 3.51. The maximum Gasteiger partial charge on any atom is 0.243 e. The van der Waals surface area contributed by atoms with Crippen LogP contribution in [0.1, 0.15) is 56.7 Å². The topological polar surface area (TPSA) is 41.5 Å². The second-order valence-corrected chi connectivity index (χ2v) is 8.68. The second kappa shape index (κ2) is 9.04. The van der Waals surface area contributed by atoms with Gasteiger partial charge in [0.25, 0.3) is 0 Å². The lowest BCUT2D eigenvalue weighted by molar-refractivity contribution is -0.122. The number of benzene rings is 2. The summed E-state index contributed by atoms with van der Waals surface area (Å²) in [4.78, 5) is 12.4. The summed E-state index contributed by atoms with van der Waals surface area (Å²) >= 11 is 0. The number of allylic oxidation sites excluding steroid dienone is 3. The maximum atomic E-state index is 12.4. The van der Waals surface area contributed by atoms with E-state index in [4.69, 9.17) is 0 Å². The molecule has 2 aromatic rings. The summed E-state index contributed by atoms with van der Waals surface area (Å²) in [5.74, 6) is 0.334. The minimum absolute atomic E-state index is 0.00229. The van der Waals surface area contributed by atoms with Gasteiger partial charge in [-0.3, -0.25) is 4.79 Å². The van der Waals surface area contributed by atoms with Crippen molar-refractivity contribution in [1.29, 1.82) is 0 Å². The summed E-state index contributed by atoms with van der Waals surface area (Å²) in [5, 5.41) is 4.20. The van der Waals surface area contributed by atoms with Crippen molar-refractivity contribution < 1.29 is 4.79 Å². The van der Waals surface area contributed by atoms with Crippen LogP contribution in [0.2, 0.25) is 0 Å². The molecule has 1 N–H and O–H groups in total. The van der Waals surface area contributed by atoms with Gasteiger partial charge in [-0.25, -0.2) is 5.43 Å². The number of nitrogens with one attached hydrogen (secondary N) is 1. The SMILES string of the molecule is CC(/C=C/C=C/c1ccccc1)=N\NC(=O)C1CC1c1ccc(C(C)(C)C)cc1. The van der Waals surface area contributed by atoms with Crippen LogP contribution in [-0.2, 0) is 10.2 Å². The Balaban J connectivity index is 1.48. The molecule has 29 heavy (non-hydrogen) atoms. The number of rotatable bonds is 6. The summed E-state index contributed by atoms with van der Waals surface area (Å²) < 4.78 is 0. The molecular formula is C26H30N2O. The molecule has 1 saturated carbocycles. The maximum absolute atomic E-state index is 12.4. The van der Waals surface area contributed by atoms with Crippen molar-refractivity contribution in [3.05, 3.63) is 89.5 Å². The van der Waals surface area contributed by atoms with Crippen LogP contribution in [0, 0.1) is 5.92 Å². The first-order chi connectivity index (χ1) is 13.8. The largest absolute Gasteiger partial charge is 0.273 e. The molecule has 1 fully saturated rings. The van der Waals surface area contributed by atoms with E-state index in [1.54, 1.807) is 0 Å². The highest BCUT2D eigenvalue weighted by Crippen LogP contribution is 2.47. The van der Waals surface area contributed by atoms with Gasteiger partial charge in [0.2, 0.25) is 5.91 Å². The summed E-state index contributed by atoms with van der Waals surface area (Å²) in [6.07, 6.45) is 8.70. The molecule has 3 rings (SSSR count). The van der Waals surface area contributed by atoms with Gasteiger partial charge in [-0.15, -0.1) is 0 Å².